The summed E-state index contributed by atoms with van der Waals surface area (Å²) in [6, 6.07) is 0. The van der Waals surface area contributed by atoms with Gasteiger partial charge in [-0.25, -0.2) is 0 Å². The predicted octanol–water partition coefficient (Wildman–Crippen LogP) is -0.638. The lowest BCUT2D eigenvalue weighted by Gasteiger charge is -2.18. The van der Waals surface area contributed by atoms with E-state index in [0.29, 0.717) is 32.5 Å². The van der Waals surface area contributed by atoms with Gasteiger partial charge in [0.25, 0.3) is 0 Å². The van der Waals surface area contributed by atoms with Crippen molar-refractivity contribution in [2.45, 2.75) is 19.8 Å². The molecule has 0 atom stereocenters. The first kappa shape index (κ1) is 14.1. The second-order valence-corrected chi connectivity index (χ2v) is 3.28. The van der Waals surface area contributed by atoms with Gasteiger partial charge in [0.2, 0.25) is 5.91 Å². The van der Waals surface area contributed by atoms with Crippen molar-refractivity contribution in [1.29, 1.82) is 0 Å². The maximum Gasteiger partial charge on any atom is 0.221 e. The monoisotopic (exact) mass is 215 g/mol. The maximum absolute atomic E-state index is 11.2. The summed E-state index contributed by atoms with van der Waals surface area (Å²) in [6.07, 6.45) is 1.89. The molecule has 0 rings (SSSR count). The SMILES string of the molecule is CCN(CCC=O)CCC(=O)NCCN. The molecule has 0 aliphatic heterocycles. The van der Waals surface area contributed by atoms with Crippen LogP contribution in [0.1, 0.15) is 19.8 Å². The molecular formula is C10H21N3O2. The molecule has 5 heteroatoms. The van der Waals surface area contributed by atoms with Crippen LogP contribution in [0.5, 0.6) is 0 Å². The van der Waals surface area contributed by atoms with Crippen LogP contribution in [-0.2, 0) is 9.59 Å². The van der Waals surface area contributed by atoms with Crippen LogP contribution in [0.15, 0.2) is 0 Å². The summed E-state index contributed by atoms with van der Waals surface area (Å²) in [7, 11) is 0. The number of nitrogens with zero attached hydrogens (tertiary/aromatic N) is 1. The quantitative estimate of drug-likeness (QED) is 0.502. The van der Waals surface area contributed by atoms with Crippen molar-refractivity contribution in [3.8, 4) is 0 Å². The van der Waals surface area contributed by atoms with Crippen LogP contribution in [0.25, 0.3) is 0 Å². The summed E-state index contributed by atoms with van der Waals surface area (Å²) in [5.41, 5.74) is 5.26. The van der Waals surface area contributed by atoms with Crippen LogP contribution < -0.4 is 11.1 Å². The number of carbonyl (C=O) groups excluding carboxylic acids is 2. The molecule has 88 valence electrons. The Balaban J connectivity index is 3.59. The molecule has 0 heterocycles. The third-order valence-corrected chi connectivity index (χ3v) is 2.13. The number of carbonyl (C=O) groups is 2. The van der Waals surface area contributed by atoms with Gasteiger partial charge in [0, 0.05) is 39.0 Å². The first-order chi connectivity index (χ1) is 7.24. The molecule has 0 spiro atoms. The van der Waals surface area contributed by atoms with Crippen molar-refractivity contribution in [1.82, 2.24) is 10.2 Å². The molecule has 0 fully saturated rings. The highest BCUT2D eigenvalue weighted by molar-refractivity contribution is 5.76. The second-order valence-electron chi connectivity index (χ2n) is 3.28. The van der Waals surface area contributed by atoms with E-state index in [2.05, 4.69) is 10.2 Å². The lowest BCUT2D eigenvalue weighted by Crippen LogP contribution is -2.33. The Hall–Kier alpha value is -0.940. The number of rotatable bonds is 9. The molecule has 0 aliphatic rings. The average molecular weight is 215 g/mol. The fraction of sp³-hybridized carbons (Fsp3) is 0.800. The average Bonchev–Trinajstić information content (AvgIpc) is 2.26. The van der Waals surface area contributed by atoms with Crippen LogP contribution in [0.3, 0.4) is 0 Å². The summed E-state index contributed by atoms with van der Waals surface area (Å²) in [4.78, 5) is 23.5. The van der Waals surface area contributed by atoms with Crippen LogP contribution in [0, 0.1) is 0 Å². The first-order valence-electron chi connectivity index (χ1n) is 5.37. The highest BCUT2D eigenvalue weighted by Gasteiger charge is 2.05. The lowest BCUT2D eigenvalue weighted by molar-refractivity contribution is -0.121. The molecule has 1 amide bonds. The van der Waals surface area contributed by atoms with Gasteiger partial charge < -0.3 is 20.7 Å². The van der Waals surface area contributed by atoms with Crippen molar-refractivity contribution < 1.29 is 9.59 Å². The second kappa shape index (κ2) is 9.61. The Labute approximate surface area is 91.0 Å². The molecule has 15 heavy (non-hydrogen) atoms. The normalized spacial score (nSPS) is 10.3. The zero-order valence-corrected chi connectivity index (χ0v) is 9.37. The molecular weight excluding hydrogens is 194 g/mol. The van der Waals surface area contributed by atoms with Crippen molar-refractivity contribution in [2.75, 3.05) is 32.7 Å². The molecule has 0 aliphatic carbocycles. The van der Waals surface area contributed by atoms with Gasteiger partial charge in [0.1, 0.15) is 6.29 Å². The number of aldehydes is 1. The summed E-state index contributed by atoms with van der Waals surface area (Å²) >= 11 is 0. The van der Waals surface area contributed by atoms with E-state index in [9.17, 15) is 9.59 Å². The van der Waals surface area contributed by atoms with Crippen LogP contribution in [0.4, 0.5) is 0 Å². The number of hydrogen-bond acceptors (Lipinski definition) is 4. The largest absolute Gasteiger partial charge is 0.355 e. The summed E-state index contributed by atoms with van der Waals surface area (Å²) in [5, 5.41) is 2.71. The van der Waals surface area contributed by atoms with Crippen molar-refractivity contribution in [3.05, 3.63) is 0 Å². The smallest absolute Gasteiger partial charge is 0.221 e. The summed E-state index contributed by atoms with van der Waals surface area (Å²) in [6.45, 7) is 5.29. The lowest BCUT2D eigenvalue weighted by atomic mass is 10.3. The van der Waals surface area contributed by atoms with Gasteiger partial charge in [0.05, 0.1) is 0 Å². The van der Waals surface area contributed by atoms with E-state index in [1.165, 1.54) is 0 Å². The minimum atomic E-state index is 0.0185. The minimum Gasteiger partial charge on any atom is -0.355 e. The van der Waals surface area contributed by atoms with Crippen molar-refractivity contribution >= 4 is 12.2 Å². The van der Waals surface area contributed by atoms with Crippen molar-refractivity contribution in [3.63, 3.8) is 0 Å². The molecule has 0 radical (unpaired) electrons. The van der Waals surface area contributed by atoms with E-state index in [1.54, 1.807) is 0 Å². The fourth-order valence-corrected chi connectivity index (χ4v) is 1.22. The molecule has 0 aromatic carbocycles. The number of nitrogens with two attached hydrogens (primary N) is 1. The minimum absolute atomic E-state index is 0.0185. The summed E-state index contributed by atoms with van der Waals surface area (Å²) < 4.78 is 0. The Kier molecular flexibility index (Phi) is 9.01. The van der Waals surface area contributed by atoms with Gasteiger partial charge in [0.15, 0.2) is 0 Å². The zero-order valence-electron chi connectivity index (χ0n) is 9.37. The van der Waals surface area contributed by atoms with Gasteiger partial charge in [-0.15, -0.1) is 0 Å². The molecule has 0 saturated heterocycles. The third-order valence-electron chi connectivity index (χ3n) is 2.13. The Morgan fingerprint density at radius 2 is 2.20 bits per heavy atom. The first-order valence-corrected chi connectivity index (χ1v) is 5.37. The zero-order chi connectivity index (χ0) is 11.5. The van der Waals surface area contributed by atoms with Crippen LogP contribution >= 0.6 is 0 Å². The van der Waals surface area contributed by atoms with Gasteiger partial charge in [-0.05, 0) is 6.54 Å². The van der Waals surface area contributed by atoms with E-state index in [1.807, 2.05) is 6.92 Å². The van der Waals surface area contributed by atoms with Gasteiger partial charge in [-0.1, -0.05) is 6.92 Å². The summed E-state index contributed by atoms with van der Waals surface area (Å²) in [5.74, 6) is 0.0185. The van der Waals surface area contributed by atoms with Crippen LogP contribution in [0.2, 0.25) is 0 Å². The molecule has 0 aromatic heterocycles. The number of hydrogen-bond donors (Lipinski definition) is 2. The van der Waals surface area contributed by atoms with E-state index in [-0.39, 0.29) is 5.91 Å². The Morgan fingerprint density at radius 1 is 1.47 bits per heavy atom. The Bertz CT molecular complexity index is 186. The molecule has 0 bridgehead atoms. The number of amides is 1. The van der Waals surface area contributed by atoms with E-state index in [0.717, 1.165) is 19.4 Å². The molecule has 0 unspecified atom stereocenters. The molecule has 5 nitrogen and oxygen atoms in total. The van der Waals surface area contributed by atoms with Crippen LogP contribution in [-0.4, -0.2) is 49.8 Å². The maximum atomic E-state index is 11.2. The molecule has 0 saturated carbocycles. The predicted molar refractivity (Wildman–Crippen MR) is 59.5 cm³/mol. The standard InChI is InChI=1S/C10H21N3O2/c1-2-13(7-3-9-14)8-4-10(15)12-6-5-11/h9H,2-8,11H2,1H3,(H,12,15). The number of nitrogens with one attached hydrogen (secondary N) is 1. The van der Waals surface area contributed by atoms with E-state index >= 15 is 0 Å². The highest BCUT2D eigenvalue weighted by Crippen LogP contribution is 1.92. The van der Waals surface area contributed by atoms with Crippen molar-refractivity contribution in [2.24, 2.45) is 5.73 Å². The topological polar surface area (TPSA) is 75.4 Å². The van der Waals surface area contributed by atoms with E-state index < -0.39 is 0 Å². The highest BCUT2D eigenvalue weighted by atomic mass is 16.1. The fourth-order valence-electron chi connectivity index (χ4n) is 1.22. The Morgan fingerprint density at radius 3 is 2.73 bits per heavy atom. The van der Waals surface area contributed by atoms with Gasteiger partial charge in [-0.3, -0.25) is 4.79 Å². The molecule has 3 N–H and O–H groups in total. The van der Waals surface area contributed by atoms with E-state index in [4.69, 9.17) is 5.73 Å². The molecule has 0 aromatic rings. The van der Waals surface area contributed by atoms with Gasteiger partial charge >= 0.3 is 0 Å². The van der Waals surface area contributed by atoms with Gasteiger partial charge in [-0.2, -0.15) is 0 Å². The third kappa shape index (κ3) is 8.08.